The molecule has 0 aromatic rings. The Hall–Kier alpha value is -0.530. The van der Waals surface area contributed by atoms with Crippen LogP contribution < -0.4 is 0 Å². The fraction of sp³-hybridized carbons (Fsp3) is 0.941. The summed E-state index contributed by atoms with van der Waals surface area (Å²) in [5.74, 6) is 0.843. The van der Waals surface area contributed by atoms with E-state index in [1.54, 1.807) is 0 Å². The molecule has 4 bridgehead atoms. The number of carboxylic acids is 1. The molecule has 0 radical (unpaired) electrons. The molecule has 0 aromatic carbocycles. The molecule has 2 nitrogen and oxygen atoms in total. The summed E-state index contributed by atoms with van der Waals surface area (Å²) in [6.45, 7) is 9.09. The summed E-state index contributed by atoms with van der Waals surface area (Å²) in [6.07, 6.45) is 7.57. The SMILES string of the molecule is CC(C(=O)O)C12CC3CC(C1)CC(C(C)(C)C)(C3)C2. The predicted molar refractivity (Wildman–Crippen MR) is 75.8 cm³/mol. The highest BCUT2D eigenvalue weighted by Crippen LogP contribution is 2.71. The second kappa shape index (κ2) is 3.77. The van der Waals surface area contributed by atoms with E-state index < -0.39 is 5.97 Å². The van der Waals surface area contributed by atoms with E-state index in [4.69, 9.17) is 0 Å². The fourth-order valence-corrected chi connectivity index (χ4v) is 5.98. The molecule has 0 amide bonds. The minimum absolute atomic E-state index is 0.100. The van der Waals surface area contributed by atoms with E-state index in [-0.39, 0.29) is 11.3 Å². The second-order valence-corrected chi connectivity index (χ2v) is 8.91. The number of hydrogen-bond donors (Lipinski definition) is 1. The molecule has 2 heteroatoms. The molecule has 4 saturated carbocycles. The van der Waals surface area contributed by atoms with Crippen molar-refractivity contribution in [3.63, 3.8) is 0 Å². The van der Waals surface area contributed by atoms with Crippen molar-refractivity contribution in [2.75, 3.05) is 0 Å². The Balaban J connectivity index is 2.00. The molecule has 4 fully saturated rings. The van der Waals surface area contributed by atoms with Crippen LogP contribution in [0.1, 0.15) is 66.2 Å². The lowest BCUT2D eigenvalue weighted by molar-refractivity contribution is -0.186. The lowest BCUT2D eigenvalue weighted by Crippen LogP contribution is -2.59. The third-order valence-corrected chi connectivity index (χ3v) is 6.99. The fourth-order valence-electron chi connectivity index (χ4n) is 5.98. The average Bonchev–Trinajstić information content (AvgIpc) is 2.24. The van der Waals surface area contributed by atoms with Gasteiger partial charge in [-0.1, -0.05) is 27.7 Å². The number of rotatable bonds is 2. The highest BCUT2D eigenvalue weighted by molar-refractivity contribution is 5.70. The monoisotopic (exact) mass is 264 g/mol. The highest BCUT2D eigenvalue weighted by atomic mass is 16.4. The van der Waals surface area contributed by atoms with Crippen molar-refractivity contribution < 1.29 is 9.90 Å². The smallest absolute Gasteiger partial charge is 0.306 e. The van der Waals surface area contributed by atoms with Crippen LogP contribution in [0.5, 0.6) is 0 Å². The van der Waals surface area contributed by atoms with Gasteiger partial charge in [0.1, 0.15) is 0 Å². The van der Waals surface area contributed by atoms with Crippen LogP contribution in [0, 0.1) is 34.0 Å². The summed E-state index contributed by atoms with van der Waals surface area (Å²) in [5, 5.41) is 9.53. The molecule has 0 saturated heterocycles. The van der Waals surface area contributed by atoms with E-state index in [2.05, 4.69) is 20.8 Å². The Labute approximate surface area is 117 Å². The largest absolute Gasteiger partial charge is 0.481 e. The number of carbonyl (C=O) groups is 1. The van der Waals surface area contributed by atoms with Gasteiger partial charge in [-0.2, -0.15) is 0 Å². The lowest BCUT2D eigenvalue weighted by Gasteiger charge is -2.67. The first kappa shape index (κ1) is 13.5. The van der Waals surface area contributed by atoms with Crippen LogP contribution in [0.2, 0.25) is 0 Å². The van der Waals surface area contributed by atoms with E-state index in [9.17, 15) is 9.90 Å². The summed E-state index contributed by atoms with van der Waals surface area (Å²) < 4.78 is 0. The third-order valence-electron chi connectivity index (χ3n) is 6.99. The van der Waals surface area contributed by atoms with Crippen molar-refractivity contribution in [2.24, 2.45) is 34.0 Å². The number of aliphatic carboxylic acids is 1. The van der Waals surface area contributed by atoms with Gasteiger partial charge in [-0.25, -0.2) is 0 Å². The van der Waals surface area contributed by atoms with Gasteiger partial charge >= 0.3 is 5.97 Å². The van der Waals surface area contributed by atoms with Crippen molar-refractivity contribution in [2.45, 2.75) is 66.2 Å². The maximum atomic E-state index is 11.6. The van der Waals surface area contributed by atoms with E-state index in [1.807, 2.05) is 6.92 Å². The first-order valence-corrected chi connectivity index (χ1v) is 7.90. The van der Waals surface area contributed by atoms with Gasteiger partial charge in [0.25, 0.3) is 0 Å². The summed E-state index contributed by atoms with van der Waals surface area (Å²) >= 11 is 0. The summed E-state index contributed by atoms with van der Waals surface area (Å²) in [5.41, 5.74) is 0.818. The zero-order valence-corrected chi connectivity index (χ0v) is 12.8. The molecule has 0 aromatic heterocycles. The van der Waals surface area contributed by atoms with Crippen LogP contribution in [-0.4, -0.2) is 11.1 Å². The summed E-state index contributed by atoms with van der Waals surface area (Å²) in [6, 6.07) is 0. The van der Waals surface area contributed by atoms with Crippen molar-refractivity contribution >= 4 is 5.97 Å². The van der Waals surface area contributed by atoms with Gasteiger partial charge in [0, 0.05) is 0 Å². The molecule has 1 N–H and O–H groups in total. The Kier molecular flexibility index (Phi) is 2.67. The Morgan fingerprint density at radius 1 is 1.16 bits per heavy atom. The van der Waals surface area contributed by atoms with Crippen molar-refractivity contribution in [1.29, 1.82) is 0 Å². The van der Waals surface area contributed by atoms with Crippen LogP contribution in [0.3, 0.4) is 0 Å². The Morgan fingerprint density at radius 2 is 1.68 bits per heavy atom. The van der Waals surface area contributed by atoms with Crippen molar-refractivity contribution in [3.05, 3.63) is 0 Å². The zero-order chi connectivity index (χ0) is 14.1. The van der Waals surface area contributed by atoms with Crippen LogP contribution in [0.15, 0.2) is 0 Å². The molecular weight excluding hydrogens is 236 g/mol. The van der Waals surface area contributed by atoms with E-state index in [0.29, 0.717) is 10.8 Å². The van der Waals surface area contributed by atoms with Crippen LogP contribution >= 0.6 is 0 Å². The maximum Gasteiger partial charge on any atom is 0.306 e. The predicted octanol–water partition coefficient (Wildman–Crippen LogP) is 4.34. The zero-order valence-electron chi connectivity index (χ0n) is 12.8. The molecule has 108 valence electrons. The van der Waals surface area contributed by atoms with E-state index in [1.165, 1.54) is 32.1 Å². The minimum Gasteiger partial charge on any atom is -0.481 e. The molecule has 0 spiro atoms. The molecular formula is C17H28O2. The average molecular weight is 264 g/mol. The Morgan fingerprint density at radius 3 is 2.11 bits per heavy atom. The van der Waals surface area contributed by atoms with Gasteiger partial charge < -0.3 is 5.11 Å². The first-order valence-electron chi connectivity index (χ1n) is 7.90. The van der Waals surface area contributed by atoms with Gasteiger partial charge in [-0.15, -0.1) is 0 Å². The van der Waals surface area contributed by atoms with Crippen LogP contribution in [-0.2, 0) is 4.79 Å². The molecule has 4 aliphatic carbocycles. The lowest BCUT2D eigenvalue weighted by atomic mass is 9.38. The molecule has 0 aliphatic heterocycles. The van der Waals surface area contributed by atoms with Gasteiger partial charge in [0.2, 0.25) is 0 Å². The van der Waals surface area contributed by atoms with Gasteiger partial charge in [-0.05, 0) is 66.6 Å². The van der Waals surface area contributed by atoms with Gasteiger partial charge in [0.15, 0.2) is 0 Å². The summed E-state index contributed by atoms with van der Waals surface area (Å²) in [7, 11) is 0. The topological polar surface area (TPSA) is 37.3 Å². The van der Waals surface area contributed by atoms with Crippen molar-refractivity contribution in [3.8, 4) is 0 Å². The quantitative estimate of drug-likeness (QED) is 0.805. The van der Waals surface area contributed by atoms with Crippen LogP contribution in [0.25, 0.3) is 0 Å². The molecule has 4 aliphatic rings. The normalized spacial score (nSPS) is 46.3. The molecule has 3 atom stereocenters. The Bertz CT molecular complexity index is 390. The molecule has 3 unspecified atom stereocenters. The maximum absolute atomic E-state index is 11.6. The molecule has 0 heterocycles. The van der Waals surface area contributed by atoms with Gasteiger partial charge in [-0.3, -0.25) is 4.79 Å². The van der Waals surface area contributed by atoms with E-state index in [0.717, 1.165) is 18.3 Å². The minimum atomic E-state index is -0.578. The number of hydrogen-bond acceptors (Lipinski definition) is 1. The van der Waals surface area contributed by atoms with Crippen LogP contribution in [0.4, 0.5) is 0 Å². The third kappa shape index (κ3) is 1.78. The highest BCUT2D eigenvalue weighted by Gasteiger charge is 2.63. The second-order valence-electron chi connectivity index (χ2n) is 8.91. The van der Waals surface area contributed by atoms with Gasteiger partial charge in [0.05, 0.1) is 5.92 Å². The summed E-state index contributed by atoms with van der Waals surface area (Å²) in [4.78, 5) is 11.6. The molecule has 4 rings (SSSR count). The molecule has 19 heavy (non-hydrogen) atoms. The van der Waals surface area contributed by atoms with Crippen molar-refractivity contribution in [1.82, 2.24) is 0 Å². The van der Waals surface area contributed by atoms with E-state index >= 15 is 0 Å². The number of carboxylic acid groups (broad SMARTS) is 1. The first-order chi connectivity index (χ1) is 8.67. The standard InChI is InChI=1S/C17H28O2/c1-11(14(18)19)16-6-12-5-13(7-16)9-17(8-12,10-16)15(2,3)4/h11-13H,5-10H2,1-4H3,(H,18,19).